The number of rotatable bonds is 4. The van der Waals surface area contributed by atoms with Crippen molar-refractivity contribution in [2.45, 2.75) is 58.0 Å². The summed E-state index contributed by atoms with van der Waals surface area (Å²) in [5.41, 5.74) is 4.52. The van der Waals surface area contributed by atoms with Gasteiger partial charge in [-0.15, -0.1) is 0 Å². The van der Waals surface area contributed by atoms with E-state index in [1.54, 1.807) is 10.9 Å². The van der Waals surface area contributed by atoms with Crippen molar-refractivity contribution in [3.8, 4) is 5.82 Å². The highest BCUT2D eigenvalue weighted by Gasteiger charge is 2.31. The molecule has 1 aliphatic heterocycles. The summed E-state index contributed by atoms with van der Waals surface area (Å²) in [6, 6.07) is 10.1. The van der Waals surface area contributed by atoms with Crippen LogP contribution in [0.15, 0.2) is 41.3 Å². The lowest BCUT2D eigenvalue weighted by atomic mass is 9.92. The van der Waals surface area contributed by atoms with Gasteiger partial charge in [-0.1, -0.05) is 38.4 Å². The molecule has 4 heterocycles. The Kier molecular flexibility index (Phi) is 5.19. The lowest BCUT2D eigenvalue weighted by Gasteiger charge is -2.20. The van der Waals surface area contributed by atoms with Gasteiger partial charge in [0.15, 0.2) is 11.5 Å². The van der Waals surface area contributed by atoms with Crippen LogP contribution in [0, 0.1) is 0 Å². The molecule has 2 N–H and O–H groups in total. The van der Waals surface area contributed by atoms with E-state index in [0.717, 1.165) is 43.7 Å². The summed E-state index contributed by atoms with van der Waals surface area (Å²) in [6.45, 7) is 8.15. The molecule has 180 valence electrons. The van der Waals surface area contributed by atoms with Gasteiger partial charge in [0, 0.05) is 23.9 Å². The second-order valence-corrected chi connectivity index (χ2v) is 10.8. The SMILES string of the molecule is CC(C)(C)c1cccc(-n2c3nc(Nc4cc5c(cc4Cl)CNCC5)ncc3c(=O)n2C2CC2)n1. The molecule has 1 aromatic carbocycles. The molecule has 0 radical (unpaired) electrons. The number of nitrogens with zero attached hydrogens (tertiary/aromatic N) is 5. The molecule has 1 fully saturated rings. The maximum atomic E-state index is 13.4. The Bertz CT molecular complexity index is 1510. The van der Waals surface area contributed by atoms with E-state index in [1.165, 1.54) is 11.1 Å². The Balaban J connectivity index is 1.48. The molecule has 0 bridgehead atoms. The first-order valence-electron chi connectivity index (χ1n) is 12.1. The summed E-state index contributed by atoms with van der Waals surface area (Å²) in [6.07, 6.45) is 4.48. The van der Waals surface area contributed by atoms with Crippen molar-refractivity contribution >= 4 is 34.3 Å². The van der Waals surface area contributed by atoms with Crippen LogP contribution in [0.3, 0.4) is 0 Å². The zero-order chi connectivity index (χ0) is 24.3. The van der Waals surface area contributed by atoms with E-state index in [2.05, 4.69) is 42.5 Å². The van der Waals surface area contributed by atoms with Crippen LogP contribution in [0.2, 0.25) is 5.02 Å². The summed E-state index contributed by atoms with van der Waals surface area (Å²) < 4.78 is 3.65. The minimum Gasteiger partial charge on any atom is -0.323 e. The summed E-state index contributed by atoms with van der Waals surface area (Å²) in [5, 5.41) is 7.75. The number of pyridine rings is 1. The quantitative estimate of drug-likeness (QED) is 0.433. The Morgan fingerprint density at radius 3 is 2.74 bits per heavy atom. The first-order valence-corrected chi connectivity index (χ1v) is 12.4. The first kappa shape index (κ1) is 22.2. The molecule has 1 aliphatic carbocycles. The van der Waals surface area contributed by atoms with Gasteiger partial charge in [-0.2, -0.15) is 4.98 Å². The van der Waals surface area contributed by atoms with Crippen molar-refractivity contribution in [1.82, 2.24) is 29.6 Å². The van der Waals surface area contributed by atoms with E-state index in [4.69, 9.17) is 21.6 Å². The fraction of sp³-hybridized carbons (Fsp3) is 0.385. The predicted octanol–water partition coefficient (Wildman–Crippen LogP) is 4.65. The van der Waals surface area contributed by atoms with Crippen molar-refractivity contribution < 1.29 is 0 Å². The number of aromatic nitrogens is 5. The molecule has 9 heteroatoms. The average molecular weight is 490 g/mol. The number of hydrogen-bond donors (Lipinski definition) is 2. The number of benzene rings is 1. The van der Waals surface area contributed by atoms with Gasteiger partial charge in [0.25, 0.3) is 5.56 Å². The van der Waals surface area contributed by atoms with E-state index < -0.39 is 0 Å². The van der Waals surface area contributed by atoms with E-state index in [9.17, 15) is 4.79 Å². The minimum absolute atomic E-state index is 0.0867. The summed E-state index contributed by atoms with van der Waals surface area (Å²) in [4.78, 5) is 27.5. The highest BCUT2D eigenvalue weighted by molar-refractivity contribution is 6.33. The van der Waals surface area contributed by atoms with Crippen LogP contribution in [0.25, 0.3) is 16.9 Å². The Hall–Kier alpha value is -3.23. The molecule has 0 amide bonds. The molecule has 0 atom stereocenters. The van der Waals surface area contributed by atoms with Gasteiger partial charge in [0.2, 0.25) is 5.95 Å². The molecule has 6 rings (SSSR count). The molecule has 3 aromatic heterocycles. The molecule has 8 nitrogen and oxygen atoms in total. The zero-order valence-electron chi connectivity index (χ0n) is 20.1. The van der Waals surface area contributed by atoms with Gasteiger partial charge < -0.3 is 10.6 Å². The normalized spacial score (nSPS) is 15.9. The number of fused-ring (bicyclic) bond motifs is 2. The summed E-state index contributed by atoms with van der Waals surface area (Å²) in [5.74, 6) is 1.07. The monoisotopic (exact) mass is 489 g/mol. The van der Waals surface area contributed by atoms with Crippen LogP contribution >= 0.6 is 11.6 Å². The molecule has 2 aliphatic rings. The lowest BCUT2D eigenvalue weighted by molar-refractivity contribution is 0.537. The van der Waals surface area contributed by atoms with Gasteiger partial charge in [-0.05, 0) is 61.2 Å². The molecule has 0 unspecified atom stereocenters. The fourth-order valence-corrected chi connectivity index (χ4v) is 4.84. The number of halogens is 1. The molecule has 4 aromatic rings. The third-order valence-corrected chi connectivity index (χ3v) is 6.97. The Labute approximate surface area is 208 Å². The molecular weight excluding hydrogens is 462 g/mol. The van der Waals surface area contributed by atoms with E-state index >= 15 is 0 Å². The van der Waals surface area contributed by atoms with E-state index in [1.807, 2.05) is 28.9 Å². The first-order chi connectivity index (χ1) is 16.8. The van der Waals surface area contributed by atoms with Crippen molar-refractivity contribution in [3.05, 3.63) is 68.7 Å². The minimum atomic E-state index is -0.121. The van der Waals surface area contributed by atoms with Crippen molar-refractivity contribution in [2.24, 2.45) is 0 Å². The maximum Gasteiger partial charge on any atom is 0.278 e. The zero-order valence-corrected chi connectivity index (χ0v) is 20.9. The second-order valence-electron chi connectivity index (χ2n) is 10.4. The molecule has 35 heavy (non-hydrogen) atoms. The second kappa shape index (κ2) is 8.17. The molecule has 1 saturated carbocycles. The number of anilines is 2. The van der Waals surface area contributed by atoms with Gasteiger partial charge in [0.05, 0.1) is 16.8 Å². The van der Waals surface area contributed by atoms with Crippen LogP contribution in [-0.2, 0) is 18.4 Å². The van der Waals surface area contributed by atoms with Gasteiger partial charge in [-0.25, -0.2) is 19.3 Å². The van der Waals surface area contributed by atoms with Crippen LogP contribution in [0.4, 0.5) is 11.6 Å². The smallest absolute Gasteiger partial charge is 0.278 e. The third-order valence-electron chi connectivity index (χ3n) is 6.66. The highest BCUT2D eigenvalue weighted by Crippen LogP contribution is 2.36. The van der Waals surface area contributed by atoms with E-state index in [0.29, 0.717) is 27.8 Å². The molecular formula is C26H28ClN7O. The summed E-state index contributed by atoms with van der Waals surface area (Å²) >= 11 is 6.58. The topological polar surface area (TPSA) is 89.7 Å². The van der Waals surface area contributed by atoms with Crippen LogP contribution in [-0.4, -0.2) is 30.9 Å². The van der Waals surface area contributed by atoms with Crippen molar-refractivity contribution in [2.75, 3.05) is 11.9 Å². The standard InChI is InChI=1S/C26H28ClN7O/c1-26(2,3)21-5-4-6-22(31-21)34-23-18(24(35)33(34)17-7-8-17)14-29-25(32-23)30-20-12-15-9-10-28-13-16(15)11-19(20)27/h4-6,11-12,14,17,28H,7-10,13H2,1-3H3,(H,29,30,32). The highest BCUT2D eigenvalue weighted by atomic mass is 35.5. The van der Waals surface area contributed by atoms with Crippen molar-refractivity contribution in [3.63, 3.8) is 0 Å². The third kappa shape index (κ3) is 4.00. The predicted molar refractivity (Wildman–Crippen MR) is 138 cm³/mol. The Morgan fingerprint density at radius 2 is 1.97 bits per heavy atom. The van der Waals surface area contributed by atoms with Crippen molar-refractivity contribution in [1.29, 1.82) is 0 Å². The number of nitrogens with one attached hydrogen (secondary N) is 2. The maximum absolute atomic E-state index is 13.4. The lowest BCUT2D eigenvalue weighted by Crippen LogP contribution is -2.23. The number of hydrogen-bond acceptors (Lipinski definition) is 6. The van der Waals surface area contributed by atoms with Gasteiger partial charge >= 0.3 is 0 Å². The Morgan fingerprint density at radius 1 is 1.14 bits per heavy atom. The average Bonchev–Trinajstić information content (AvgIpc) is 3.63. The van der Waals surface area contributed by atoms with Gasteiger partial charge in [0.1, 0.15) is 5.39 Å². The van der Waals surface area contributed by atoms with Crippen LogP contribution < -0.4 is 16.2 Å². The van der Waals surface area contributed by atoms with Crippen LogP contribution in [0.5, 0.6) is 0 Å². The molecule has 0 spiro atoms. The summed E-state index contributed by atoms with van der Waals surface area (Å²) in [7, 11) is 0. The molecule has 0 saturated heterocycles. The van der Waals surface area contributed by atoms with Crippen LogP contribution in [0.1, 0.15) is 56.5 Å². The largest absolute Gasteiger partial charge is 0.323 e. The van der Waals surface area contributed by atoms with E-state index in [-0.39, 0.29) is 17.0 Å². The fourth-order valence-electron chi connectivity index (χ4n) is 4.61. The van der Waals surface area contributed by atoms with Gasteiger partial charge in [-0.3, -0.25) is 4.79 Å².